The molecule has 0 spiro atoms. The van der Waals surface area contributed by atoms with Crippen molar-refractivity contribution in [3.05, 3.63) is 35.4 Å². The first kappa shape index (κ1) is 11.9. The Morgan fingerprint density at radius 3 is 2.47 bits per heavy atom. The Bertz CT molecular complexity index is 350. The number of rotatable bonds is 4. The van der Waals surface area contributed by atoms with Crippen LogP contribution in [-0.4, -0.2) is 31.4 Å². The number of benzene rings is 1. The monoisotopic (exact) mass is 206 g/mol. The lowest BCUT2D eigenvalue weighted by Gasteiger charge is -2.24. The fourth-order valence-corrected chi connectivity index (χ4v) is 1.59. The third-order valence-corrected chi connectivity index (χ3v) is 2.23. The van der Waals surface area contributed by atoms with Gasteiger partial charge in [-0.25, -0.2) is 0 Å². The molecule has 0 aliphatic heterocycles. The smallest absolute Gasteiger partial charge is 0.162 e. The number of ketones is 1. The molecular formula is C13H20NO+. The zero-order valence-corrected chi connectivity index (χ0v) is 10.1. The fourth-order valence-electron chi connectivity index (χ4n) is 1.59. The molecule has 0 unspecified atom stereocenters. The summed E-state index contributed by atoms with van der Waals surface area (Å²) >= 11 is 0. The Morgan fingerprint density at radius 2 is 1.93 bits per heavy atom. The molecule has 0 heterocycles. The zero-order valence-electron chi connectivity index (χ0n) is 10.1. The van der Waals surface area contributed by atoms with Crippen molar-refractivity contribution in [1.29, 1.82) is 0 Å². The summed E-state index contributed by atoms with van der Waals surface area (Å²) in [6.07, 6.45) is 0.577. The second-order valence-corrected chi connectivity index (χ2v) is 4.93. The van der Waals surface area contributed by atoms with Gasteiger partial charge in [-0.2, -0.15) is 0 Å². The van der Waals surface area contributed by atoms with E-state index in [1.165, 1.54) is 5.56 Å². The van der Waals surface area contributed by atoms with Crippen molar-refractivity contribution < 1.29 is 9.28 Å². The van der Waals surface area contributed by atoms with Crippen molar-refractivity contribution in [3.63, 3.8) is 0 Å². The maximum absolute atomic E-state index is 11.5. The molecule has 1 rings (SSSR count). The van der Waals surface area contributed by atoms with Crippen LogP contribution >= 0.6 is 0 Å². The van der Waals surface area contributed by atoms with Crippen LogP contribution in [0.5, 0.6) is 0 Å². The maximum Gasteiger partial charge on any atom is 0.162 e. The van der Waals surface area contributed by atoms with Gasteiger partial charge >= 0.3 is 0 Å². The minimum Gasteiger partial charge on any atom is -0.327 e. The molecule has 15 heavy (non-hydrogen) atoms. The van der Waals surface area contributed by atoms with E-state index >= 15 is 0 Å². The average Bonchev–Trinajstić information content (AvgIpc) is 2.14. The molecule has 0 saturated carbocycles. The highest BCUT2D eigenvalue weighted by atomic mass is 16.1. The number of hydrogen-bond donors (Lipinski definition) is 0. The third-order valence-electron chi connectivity index (χ3n) is 2.23. The molecule has 0 aliphatic carbocycles. The van der Waals surface area contributed by atoms with Crippen LogP contribution in [0, 0.1) is 0 Å². The topological polar surface area (TPSA) is 17.1 Å². The molecule has 2 nitrogen and oxygen atoms in total. The van der Waals surface area contributed by atoms with Crippen LogP contribution in [0.15, 0.2) is 24.3 Å². The van der Waals surface area contributed by atoms with Gasteiger partial charge in [-0.05, 0) is 6.07 Å². The van der Waals surface area contributed by atoms with Gasteiger partial charge in [0.2, 0.25) is 0 Å². The van der Waals surface area contributed by atoms with E-state index in [0.717, 1.165) is 16.6 Å². The molecule has 82 valence electrons. The highest BCUT2D eigenvalue weighted by Gasteiger charge is 2.10. The average molecular weight is 206 g/mol. The zero-order chi connectivity index (χ0) is 11.5. The first-order valence-corrected chi connectivity index (χ1v) is 5.35. The minimum atomic E-state index is 0.221. The van der Waals surface area contributed by atoms with Gasteiger partial charge in [0.05, 0.1) is 21.1 Å². The number of carbonyl (C=O) groups excluding carboxylic acids is 1. The second-order valence-electron chi connectivity index (χ2n) is 4.93. The molecule has 0 saturated heterocycles. The van der Waals surface area contributed by atoms with Crippen molar-refractivity contribution in [2.24, 2.45) is 0 Å². The highest BCUT2D eigenvalue weighted by molar-refractivity contribution is 5.95. The lowest BCUT2D eigenvalue weighted by Crippen LogP contribution is -2.33. The SMILES string of the molecule is CCC(=O)c1cccc(C[N+](C)(C)C)c1. The van der Waals surface area contributed by atoms with E-state index in [9.17, 15) is 4.79 Å². The summed E-state index contributed by atoms with van der Waals surface area (Å²) in [4.78, 5) is 11.5. The molecular weight excluding hydrogens is 186 g/mol. The summed E-state index contributed by atoms with van der Waals surface area (Å²) in [5.41, 5.74) is 2.06. The standard InChI is InChI=1S/C13H20NO/c1-5-13(15)12-8-6-7-11(9-12)10-14(2,3)4/h6-9H,5,10H2,1-4H3/q+1. The van der Waals surface area contributed by atoms with Crippen LogP contribution in [0.4, 0.5) is 0 Å². The van der Waals surface area contributed by atoms with Crippen molar-refractivity contribution in [1.82, 2.24) is 0 Å². The van der Waals surface area contributed by atoms with E-state index in [-0.39, 0.29) is 5.78 Å². The molecule has 2 heteroatoms. The second kappa shape index (κ2) is 4.58. The van der Waals surface area contributed by atoms with Crippen LogP contribution < -0.4 is 0 Å². The molecule has 0 N–H and O–H groups in total. The predicted octanol–water partition coefficient (Wildman–Crippen LogP) is 2.49. The summed E-state index contributed by atoms with van der Waals surface area (Å²) in [5, 5.41) is 0. The van der Waals surface area contributed by atoms with Crippen molar-refractivity contribution in [2.75, 3.05) is 21.1 Å². The lowest BCUT2D eigenvalue weighted by atomic mass is 10.1. The van der Waals surface area contributed by atoms with Crippen LogP contribution in [0.1, 0.15) is 29.3 Å². The normalized spacial score (nSPS) is 11.5. The quantitative estimate of drug-likeness (QED) is 0.546. The lowest BCUT2D eigenvalue weighted by molar-refractivity contribution is -0.884. The molecule has 1 aromatic carbocycles. The molecule has 0 bridgehead atoms. The molecule has 0 aromatic heterocycles. The molecule has 0 atom stereocenters. The van der Waals surface area contributed by atoms with E-state index in [1.54, 1.807) is 0 Å². The van der Waals surface area contributed by atoms with Crippen LogP contribution in [0.2, 0.25) is 0 Å². The number of hydrogen-bond acceptors (Lipinski definition) is 1. The van der Waals surface area contributed by atoms with Crippen molar-refractivity contribution >= 4 is 5.78 Å². The summed E-state index contributed by atoms with van der Waals surface area (Å²) in [7, 11) is 6.44. The number of carbonyl (C=O) groups is 1. The number of Topliss-reactive ketones (excluding diaryl/α,β-unsaturated/α-hetero) is 1. The Kier molecular flexibility index (Phi) is 3.64. The van der Waals surface area contributed by atoms with Gasteiger partial charge in [-0.3, -0.25) is 4.79 Å². The van der Waals surface area contributed by atoms with Crippen molar-refractivity contribution in [2.45, 2.75) is 19.9 Å². The van der Waals surface area contributed by atoms with Gasteiger partial charge in [-0.1, -0.05) is 25.1 Å². The largest absolute Gasteiger partial charge is 0.327 e. The predicted molar refractivity (Wildman–Crippen MR) is 62.8 cm³/mol. The highest BCUT2D eigenvalue weighted by Crippen LogP contribution is 2.11. The summed E-state index contributed by atoms with van der Waals surface area (Å²) in [6.45, 7) is 2.85. The Hall–Kier alpha value is -1.15. The Morgan fingerprint density at radius 1 is 1.27 bits per heavy atom. The van der Waals surface area contributed by atoms with Gasteiger partial charge in [0.25, 0.3) is 0 Å². The summed E-state index contributed by atoms with van der Waals surface area (Å²) in [6, 6.07) is 7.95. The Labute approximate surface area is 92.1 Å². The number of nitrogens with zero attached hydrogens (tertiary/aromatic N) is 1. The van der Waals surface area contributed by atoms with Crippen LogP contribution in [-0.2, 0) is 6.54 Å². The van der Waals surface area contributed by atoms with E-state index in [0.29, 0.717) is 6.42 Å². The fraction of sp³-hybridized carbons (Fsp3) is 0.462. The molecule has 0 radical (unpaired) electrons. The molecule has 0 fully saturated rings. The first-order valence-electron chi connectivity index (χ1n) is 5.35. The van der Waals surface area contributed by atoms with Gasteiger partial charge in [0, 0.05) is 17.5 Å². The molecule has 0 aliphatic rings. The first-order chi connectivity index (χ1) is 6.92. The number of quaternary nitrogens is 1. The third kappa shape index (κ3) is 3.84. The van der Waals surface area contributed by atoms with E-state index in [2.05, 4.69) is 27.2 Å². The van der Waals surface area contributed by atoms with Gasteiger partial charge in [-0.15, -0.1) is 0 Å². The van der Waals surface area contributed by atoms with Crippen LogP contribution in [0.25, 0.3) is 0 Å². The van der Waals surface area contributed by atoms with E-state index < -0.39 is 0 Å². The van der Waals surface area contributed by atoms with E-state index in [4.69, 9.17) is 0 Å². The van der Waals surface area contributed by atoms with Gasteiger partial charge < -0.3 is 4.48 Å². The van der Waals surface area contributed by atoms with E-state index in [1.807, 2.05) is 25.1 Å². The summed E-state index contributed by atoms with van der Waals surface area (Å²) in [5.74, 6) is 0.221. The maximum atomic E-state index is 11.5. The van der Waals surface area contributed by atoms with Crippen LogP contribution in [0.3, 0.4) is 0 Å². The molecule has 1 aromatic rings. The summed E-state index contributed by atoms with van der Waals surface area (Å²) < 4.78 is 0.879. The Balaban J connectivity index is 2.88. The molecule has 0 amide bonds. The van der Waals surface area contributed by atoms with Gasteiger partial charge in [0.1, 0.15) is 6.54 Å². The minimum absolute atomic E-state index is 0.221. The van der Waals surface area contributed by atoms with Gasteiger partial charge in [0.15, 0.2) is 5.78 Å². The van der Waals surface area contributed by atoms with Crippen molar-refractivity contribution in [3.8, 4) is 0 Å².